The number of benzene rings is 1. The van der Waals surface area contributed by atoms with Crippen molar-refractivity contribution >= 4 is 17.0 Å². The number of nitrogens with zero attached hydrogens (tertiary/aromatic N) is 3. The van der Waals surface area contributed by atoms with Gasteiger partial charge >= 0.3 is 18.3 Å². The Labute approximate surface area is 103 Å². The molecule has 1 N–H and O–H groups in total. The van der Waals surface area contributed by atoms with Crippen LogP contribution >= 0.6 is 0 Å². The molecule has 0 radical (unpaired) electrons. The molecular formula is C10H7F4N3O2. The average molecular weight is 277 g/mol. The van der Waals surface area contributed by atoms with Crippen LogP contribution in [0.5, 0.6) is 0 Å². The molecule has 2 aromatic rings. The molecule has 5 nitrogen and oxygen atoms in total. The molecule has 0 amide bonds. The van der Waals surface area contributed by atoms with Crippen LogP contribution in [0.4, 0.5) is 17.6 Å². The van der Waals surface area contributed by atoms with Crippen LogP contribution in [0.15, 0.2) is 18.2 Å². The fraction of sp³-hybridized carbons (Fsp3) is 0.300. The molecule has 0 aliphatic rings. The Bertz CT molecular complexity index is 626. The van der Waals surface area contributed by atoms with Gasteiger partial charge in [0.15, 0.2) is 0 Å². The molecule has 0 unspecified atom stereocenters. The fourth-order valence-electron chi connectivity index (χ4n) is 1.58. The number of fused-ring (bicyclic) bond motifs is 1. The summed E-state index contributed by atoms with van der Waals surface area (Å²) in [5.74, 6) is -5.69. The van der Waals surface area contributed by atoms with Gasteiger partial charge in [-0.05, 0) is 12.1 Å². The molecule has 0 bridgehead atoms. The zero-order valence-electron chi connectivity index (χ0n) is 9.23. The lowest BCUT2D eigenvalue weighted by atomic mass is 10.2. The summed E-state index contributed by atoms with van der Waals surface area (Å²) in [6.07, 6.45) is -3.87. The Kier molecular flexibility index (Phi) is 3.13. The van der Waals surface area contributed by atoms with E-state index in [4.69, 9.17) is 5.11 Å². The number of aromatic nitrogens is 3. The molecule has 0 atom stereocenters. The molecule has 2 rings (SSSR count). The number of hydrogen-bond donors (Lipinski definition) is 1. The average Bonchev–Trinajstić information content (AvgIpc) is 2.71. The number of carboxylic acid groups (broad SMARTS) is 1. The van der Waals surface area contributed by atoms with E-state index in [9.17, 15) is 22.4 Å². The SMILES string of the molecule is O=C(O)c1cccc2nnn(CC(F)(F)C(F)F)c12. The summed E-state index contributed by atoms with van der Waals surface area (Å²) >= 11 is 0. The first-order valence-electron chi connectivity index (χ1n) is 5.04. The monoisotopic (exact) mass is 277 g/mol. The van der Waals surface area contributed by atoms with Gasteiger partial charge in [-0.2, -0.15) is 8.78 Å². The second kappa shape index (κ2) is 4.48. The number of halogens is 4. The Morgan fingerprint density at radius 3 is 2.68 bits per heavy atom. The van der Waals surface area contributed by atoms with Crippen molar-refractivity contribution in [3.8, 4) is 0 Å². The third-order valence-corrected chi connectivity index (χ3v) is 2.44. The minimum absolute atomic E-state index is 0.0463. The van der Waals surface area contributed by atoms with Gasteiger partial charge in [0, 0.05) is 0 Å². The van der Waals surface area contributed by atoms with Crippen LogP contribution in [0.25, 0.3) is 11.0 Å². The van der Waals surface area contributed by atoms with Crippen LogP contribution in [0.3, 0.4) is 0 Å². The van der Waals surface area contributed by atoms with E-state index in [0.29, 0.717) is 4.68 Å². The lowest BCUT2D eigenvalue weighted by molar-refractivity contribution is -0.139. The van der Waals surface area contributed by atoms with Gasteiger partial charge < -0.3 is 5.11 Å². The van der Waals surface area contributed by atoms with Crippen molar-refractivity contribution < 1.29 is 27.5 Å². The maximum Gasteiger partial charge on any atom is 0.337 e. The summed E-state index contributed by atoms with van der Waals surface area (Å²) in [5.41, 5.74) is -0.493. The van der Waals surface area contributed by atoms with Crippen molar-refractivity contribution in [3.63, 3.8) is 0 Å². The molecule has 0 aliphatic heterocycles. The van der Waals surface area contributed by atoms with Gasteiger partial charge in [-0.15, -0.1) is 5.10 Å². The molecule has 0 saturated heterocycles. The van der Waals surface area contributed by atoms with E-state index in [0.717, 1.165) is 6.07 Å². The molecule has 0 spiro atoms. The number of alkyl halides is 4. The van der Waals surface area contributed by atoms with E-state index in [-0.39, 0.29) is 16.6 Å². The van der Waals surface area contributed by atoms with Crippen LogP contribution in [0.2, 0.25) is 0 Å². The Hall–Kier alpha value is -2.19. The molecule has 0 saturated carbocycles. The highest BCUT2D eigenvalue weighted by Crippen LogP contribution is 2.27. The van der Waals surface area contributed by atoms with Gasteiger partial charge in [0.1, 0.15) is 17.6 Å². The molecular weight excluding hydrogens is 270 g/mol. The summed E-state index contributed by atoms with van der Waals surface area (Å²) in [5, 5.41) is 15.7. The largest absolute Gasteiger partial charge is 0.478 e. The molecule has 0 fully saturated rings. The lowest BCUT2D eigenvalue weighted by Crippen LogP contribution is -2.32. The minimum atomic E-state index is -4.31. The summed E-state index contributed by atoms with van der Waals surface area (Å²) < 4.78 is 50.7. The molecule has 0 aliphatic carbocycles. The molecule has 1 heterocycles. The number of rotatable bonds is 4. The van der Waals surface area contributed by atoms with E-state index in [1.54, 1.807) is 0 Å². The summed E-state index contributed by atoms with van der Waals surface area (Å²) in [7, 11) is 0. The number of para-hydroxylation sites is 1. The fourth-order valence-corrected chi connectivity index (χ4v) is 1.58. The van der Waals surface area contributed by atoms with Crippen LogP contribution in [0.1, 0.15) is 10.4 Å². The molecule has 19 heavy (non-hydrogen) atoms. The first-order chi connectivity index (χ1) is 8.83. The number of carboxylic acids is 1. The highest BCUT2D eigenvalue weighted by atomic mass is 19.3. The Morgan fingerprint density at radius 1 is 1.42 bits per heavy atom. The summed E-state index contributed by atoms with van der Waals surface area (Å²) in [4.78, 5) is 11.0. The lowest BCUT2D eigenvalue weighted by Gasteiger charge is -2.15. The number of aromatic carboxylic acids is 1. The maximum absolute atomic E-state index is 13.0. The second-order valence-corrected chi connectivity index (χ2v) is 3.79. The first-order valence-corrected chi connectivity index (χ1v) is 5.04. The van der Waals surface area contributed by atoms with E-state index in [1.807, 2.05) is 0 Å². The van der Waals surface area contributed by atoms with Gasteiger partial charge in [0.25, 0.3) is 0 Å². The molecule has 102 valence electrons. The van der Waals surface area contributed by atoms with Crippen LogP contribution in [0, 0.1) is 0 Å². The summed E-state index contributed by atoms with van der Waals surface area (Å²) in [6, 6.07) is 3.87. The van der Waals surface area contributed by atoms with Crippen molar-refractivity contribution in [2.45, 2.75) is 18.9 Å². The third-order valence-electron chi connectivity index (χ3n) is 2.44. The van der Waals surface area contributed by atoms with Gasteiger partial charge in [-0.3, -0.25) is 0 Å². The van der Waals surface area contributed by atoms with Crippen LogP contribution in [-0.4, -0.2) is 38.4 Å². The van der Waals surface area contributed by atoms with Gasteiger partial charge in [0.2, 0.25) is 0 Å². The van der Waals surface area contributed by atoms with Crippen LogP contribution in [-0.2, 0) is 6.54 Å². The highest BCUT2D eigenvalue weighted by Gasteiger charge is 2.42. The maximum atomic E-state index is 13.0. The highest BCUT2D eigenvalue weighted by molar-refractivity contribution is 6.00. The van der Waals surface area contributed by atoms with Crippen molar-refractivity contribution in [1.82, 2.24) is 15.0 Å². The van der Waals surface area contributed by atoms with Crippen molar-refractivity contribution in [2.75, 3.05) is 0 Å². The number of carbonyl (C=O) groups is 1. The van der Waals surface area contributed by atoms with E-state index < -0.39 is 24.9 Å². The van der Waals surface area contributed by atoms with Crippen molar-refractivity contribution in [1.29, 1.82) is 0 Å². The van der Waals surface area contributed by atoms with Gasteiger partial charge in [-0.1, -0.05) is 11.3 Å². The predicted octanol–water partition coefficient (Wildman–Crippen LogP) is 2.03. The van der Waals surface area contributed by atoms with E-state index in [1.165, 1.54) is 12.1 Å². The topological polar surface area (TPSA) is 68.0 Å². The zero-order chi connectivity index (χ0) is 14.2. The quantitative estimate of drug-likeness (QED) is 0.868. The Morgan fingerprint density at radius 2 is 2.11 bits per heavy atom. The van der Waals surface area contributed by atoms with Gasteiger partial charge in [-0.25, -0.2) is 18.3 Å². The predicted molar refractivity (Wildman–Crippen MR) is 55.4 cm³/mol. The third kappa shape index (κ3) is 2.35. The van der Waals surface area contributed by atoms with E-state index in [2.05, 4.69) is 10.3 Å². The molecule has 1 aromatic carbocycles. The minimum Gasteiger partial charge on any atom is -0.478 e. The number of hydrogen-bond acceptors (Lipinski definition) is 3. The molecule has 1 aromatic heterocycles. The van der Waals surface area contributed by atoms with E-state index >= 15 is 0 Å². The second-order valence-electron chi connectivity index (χ2n) is 3.79. The molecule has 9 heteroatoms. The zero-order valence-corrected chi connectivity index (χ0v) is 9.23. The van der Waals surface area contributed by atoms with Crippen molar-refractivity contribution in [2.24, 2.45) is 0 Å². The standard InChI is InChI=1S/C10H7F4N3O2/c11-9(12)10(13,14)4-17-7-5(8(18)19)2-1-3-6(7)15-16-17/h1-3,9H,4H2,(H,18,19). The van der Waals surface area contributed by atoms with Gasteiger partial charge in [0.05, 0.1) is 5.56 Å². The Balaban J connectivity index is 2.53. The normalized spacial score (nSPS) is 12.3. The van der Waals surface area contributed by atoms with Crippen molar-refractivity contribution in [3.05, 3.63) is 23.8 Å². The smallest absolute Gasteiger partial charge is 0.337 e. The van der Waals surface area contributed by atoms with Crippen LogP contribution < -0.4 is 0 Å². The first kappa shape index (κ1) is 13.2. The summed E-state index contributed by atoms with van der Waals surface area (Å²) in [6.45, 7) is -1.44.